The number of hydrogen-bond acceptors (Lipinski definition) is 5. The molecule has 0 saturated carbocycles. The molecule has 0 aliphatic rings. The third-order valence-corrected chi connectivity index (χ3v) is 3.61. The number of hydrogen-bond donors (Lipinski definition) is 2. The first-order chi connectivity index (χ1) is 11.7. The van der Waals surface area contributed by atoms with Gasteiger partial charge < -0.3 is 15.5 Å². The molecule has 0 aliphatic carbocycles. The number of anilines is 4. The Labute approximate surface area is 142 Å². The van der Waals surface area contributed by atoms with E-state index < -0.39 is 0 Å². The normalized spacial score (nSPS) is 10.2. The average Bonchev–Trinajstić information content (AvgIpc) is 2.62. The van der Waals surface area contributed by atoms with Crippen LogP contribution in [-0.2, 0) is 6.54 Å². The summed E-state index contributed by atoms with van der Waals surface area (Å²) in [6, 6.07) is 20.2. The van der Waals surface area contributed by atoms with E-state index >= 15 is 0 Å². The van der Waals surface area contributed by atoms with E-state index in [4.69, 9.17) is 0 Å². The summed E-state index contributed by atoms with van der Waals surface area (Å²) < 4.78 is 0. The fourth-order valence-corrected chi connectivity index (χ4v) is 2.28. The molecule has 2 N–H and O–H groups in total. The zero-order valence-electron chi connectivity index (χ0n) is 13.9. The lowest BCUT2D eigenvalue weighted by molar-refractivity contribution is 1.08. The van der Waals surface area contributed by atoms with Gasteiger partial charge in [0.15, 0.2) is 0 Å². The molecule has 24 heavy (non-hydrogen) atoms. The van der Waals surface area contributed by atoms with E-state index in [1.165, 1.54) is 5.56 Å². The first-order valence-corrected chi connectivity index (χ1v) is 7.86. The average molecular weight is 319 g/mol. The Kier molecular flexibility index (Phi) is 4.91. The number of nitrogens with zero attached hydrogens (tertiary/aromatic N) is 3. The Hall–Kier alpha value is -3.08. The summed E-state index contributed by atoms with van der Waals surface area (Å²) in [5, 5.41) is 6.54. The molecule has 0 fully saturated rings. The van der Waals surface area contributed by atoms with Crippen molar-refractivity contribution in [3.63, 3.8) is 0 Å². The van der Waals surface area contributed by atoms with Gasteiger partial charge in [0, 0.05) is 38.2 Å². The second-order valence-electron chi connectivity index (χ2n) is 5.67. The van der Waals surface area contributed by atoms with E-state index in [0.717, 1.165) is 23.7 Å². The van der Waals surface area contributed by atoms with E-state index in [0.29, 0.717) is 5.95 Å². The summed E-state index contributed by atoms with van der Waals surface area (Å²) in [6.07, 6.45) is 1.75. The first kappa shape index (κ1) is 15.8. The van der Waals surface area contributed by atoms with Gasteiger partial charge in [-0.2, -0.15) is 4.98 Å². The molecular weight excluding hydrogens is 298 g/mol. The summed E-state index contributed by atoms with van der Waals surface area (Å²) in [5.41, 5.74) is 3.32. The number of benzene rings is 2. The van der Waals surface area contributed by atoms with E-state index in [9.17, 15) is 0 Å². The predicted octanol–water partition coefficient (Wildman–Crippen LogP) is 3.90. The Bertz CT molecular complexity index is 769. The third-order valence-electron chi connectivity index (χ3n) is 3.61. The van der Waals surface area contributed by atoms with Gasteiger partial charge in [-0.3, -0.25) is 0 Å². The number of aromatic nitrogens is 2. The molecule has 3 rings (SSSR count). The van der Waals surface area contributed by atoms with Crippen molar-refractivity contribution in [2.45, 2.75) is 6.54 Å². The van der Waals surface area contributed by atoms with Crippen molar-refractivity contribution in [3.8, 4) is 0 Å². The first-order valence-electron chi connectivity index (χ1n) is 7.86. The standard InChI is InChI=1S/C19H21N5/c1-24(2)17-10-8-16(9-11-17)22-19-20-13-12-18(23-19)21-14-15-6-4-3-5-7-15/h3-13H,14H2,1-2H3,(H2,20,21,22,23). The number of rotatable bonds is 6. The van der Waals surface area contributed by atoms with Crippen LogP contribution >= 0.6 is 0 Å². The molecule has 0 amide bonds. The van der Waals surface area contributed by atoms with Gasteiger partial charge in [0.05, 0.1) is 0 Å². The van der Waals surface area contributed by atoms with Crippen molar-refractivity contribution < 1.29 is 0 Å². The monoisotopic (exact) mass is 319 g/mol. The molecule has 3 aromatic rings. The molecule has 5 heteroatoms. The van der Waals surface area contributed by atoms with Crippen molar-refractivity contribution in [3.05, 3.63) is 72.4 Å². The minimum Gasteiger partial charge on any atom is -0.378 e. The highest BCUT2D eigenvalue weighted by Crippen LogP contribution is 2.18. The zero-order chi connectivity index (χ0) is 16.8. The van der Waals surface area contributed by atoms with Gasteiger partial charge >= 0.3 is 0 Å². The van der Waals surface area contributed by atoms with Crippen molar-refractivity contribution in [2.24, 2.45) is 0 Å². The summed E-state index contributed by atoms with van der Waals surface area (Å²) in [6.45, 7) is 0.731. The lowest BCUT2D eigenvalue weighted by Crippen LogP contribution is -2.08. The van der Waals surface area contributed by atoms with Gasteiger partial charge in [0.2, 0.25) is 5.95 Å². The molecule has 0 bridgehead atoms. The second kappa shape index (κ2) is 7.46. The number of nitrogens with one attached hydrogen (secondary N) is 2. The Morgan fingerprint density at radius 3 is 2.38 bits per heavy atom. The van der Waals surface area contributed by atoms with Crippen LogP contribution < -0.4 is 15.5 Å². The van der Waals surface area contributed by atoms with Crippen molar-refractivity contribution >= 4 is 23.1 Å². The summed E-state index contributed by atoms with van der Waals surface area (Å²) >= 11 is 0. The molecule has 0 atom stereocenters. The molecule has 0 aliphatic heterocycles. The Balaban J connectivity index is 1.64. The van der Waals surface area contributed by atoms with E-state index in [1.807, 2.05) is 50.5 Å². The van der Waals surface area contributed by atoms with E-state index in [1.54, 1.807) is 6.20 Å². The molecule has 0 unspecified atom stereocenters. The topological polar surface area (TPSA) is 53.1 Å². The molecule has 1 aromatic heterocycles. The maximum atomic E-state index is 4.50. The van der Waals surface area contributed by atoms with Gasteiger partial charge in [-0.25, -0.2) is 4.98 Å². The predicted molar refractivity (Wildman–Crippen MR) is 99.9 cm³/mol. The molecular formula is C19H21N5. The zero-order valence-corrected chi connectivity index (χ0v) is 13.9. The van der Waals surface area contributed by atoms with Gasteiger partial charge in [-0.05, 0) is 35.9 Å². The van der Waals surface area contributed by atoms with E-state index in [2.05, 4.69) is 49.8 Å². The molecule has 0 saturated heterocycles. The van der Waals surface area contributed by atoms with Gasteiger partial charge in [0.25, 0.3) is 0 Å². The van der Waals surface area contributed by atoms with Crippen LogP contribution in [0.25, 0.3) is 0 Å². The minimum absolute atomic E-state index is 0.575. The third kappa shape index (κ3) is 4.23. The van der Waals surface area contributed by atoms with Crippen molar-refractivity contribution in [1.29, 1.82) is 0 Å². The lowest BCUT2D eigenvalue weighted by Gasteiger charge is -2.13. The molecule has 0 radical (unpaired) electrons. The van der Waals surface area contributed by atoms with Gasteiger partial charge in [0.1, 0.15) is 5.82 Å². The van der Waals surface area contributed by atoms with Crippen LogP contribution in [-0.4, -0.2) is 24.1 Å². The van der Waals surface area contributed by atoms with Crippen molar-refractivity contribution in [1.82, 2.24) is 9.97 Å². The van der Waals surface area contributed by atoms with Crippen LogP contribution in [0.3, 0.4) is 0 Å². The molecule has 0 spiro atoms. The molecule has 5 nitrogen and oxygen atoms in total. The SMILES string of the molecule is CN(C)c1ccc(Nc2nccc(NCc3ccccc3)n2)cc1. The van der Waals surface area contributed by atoms with Crippen LogP contribution in [0.5, 0.6) is 0 Å². The van der Waals surface area contributed by atoms with Crippen molar-refractivity contribution in [2.75, 3.05) is 29.6 Å². The van der Waals surface area contributed by atoms with Crippen LogP contribution in [0, 0.1) is 0 Å². The van der Waals surface area contributed by atoms with E-state index in [-0.39, 0.29) is 0 Å². The largest absolute Gasteiger partial charge is 0.378 e. The highest BCUT2D eigenvalue weighted by atomic mass is 15.1. The maximum absolute atomic E-state index is 4.50. The second-order valence-corrected chi connectivity index (χ2v) is 5.67. The van der Waals surface area contributed by atoms with Gasteiger partial charge in [-0.15, -0.1) is 0 Å². The van der Waals surface area contributed by atoms with Crippen LogP contribution in [0.1, 0.15) is 5.56 Å². The smallest absolute Gasteiger partial charge is 0.229 e. The lowest BCUT2D eigenvalue weighted by atomic mass is 10.2. The van der Waals surface area contributed by atoms with Crippen LogP contribution in [0.2, 0.25) is 0 Å². The molecule has 1 heterocycles. The Morgan fingerprint density at radius 2 is 1.67 bits per heavy atom. The summed E-state index contributed by atoms with van der Waals surface area (Å²) in [7, 11) is 4.04. The quantitative estimate of drug-likeness (QED) is 0.722. The molecule has 2 aromatic carbocycles. The van der Waals surface area contributed by atoms with Crippen LogP contribution in [0.15, 0.2) is 66.9 Å². The van der Waals surface area contributed by atoms with Crippen LogP contribution in [0.4, 0.5) is 23.1 Å². The fraction of sp³-hybridized carbons (Fsp3) is 0.158. The fourth-order valence-electron chi connectivity index (χ4n) is 2.28. The highest BCUT2D eigenvalue weighted by Gasteiger charge is 2.01. The molecule has 122 valence electrons. The van der Waals surface area contributed by atoms with Gasteiger partial charge in [-0.1, -0.05) is 30.3 Å². The summed E-state index contributed by atoms with van der Waals surface area (Å²) in [4.78, 5) is 10.8. The summed E-state index contributed by atoms with van der Waals surface area (Å²) in [5.74, 6) is 1.37. The highest BCUT2D eigenvalue weighted by molar-refractivity contribution is 5.59. The Morgan fingerprint density at radius 1 is 0.917 bits per heavy atom. The maximum Gasteiger partial charge on any atom is 0.229 e. The minimum atomic E-state index is 0.575.